The lowest BCUT2D eigenvalue weighted by Crippen LogP contribution is -2.45. The van der Waals surface area contributed by atoms with E-state index in [1.165, 1.54) is 6.92 Å². The third kappa shape index (κ3) is 8.12. The summed E-state index contributed by atoms with van der Waals surface area (Å²) >= 11 is 16.7. The topological polar surface area (TPSA) is 93.1 Å². The van der Waals surface area contributed by atoms with E-state index in [4.69, 9.17) is 44.3 Å². The molecule has 7 nitrogen and oxygen atoms in total. The van der Waals surface area contributed by atoms with E-state index in [9.17, 15) is 19.5 Å². The third-order valence-electron chi connectivity index (χ3n) is 3.85. The Morgan fingerprint density at radius 1 is 1.14 bits per heavy atom. The van der Waals surface area contributed by atoms with E-state index in [-0.39, 0.29) is 19.6 Å². The van der Waals surface area contributed by atoms with Gasteiger partial charge in [0, 0.05) is 6.54 Å². The van der Waals surface area contributed by atoms with Crippen molar-refractivity contribution >= 4 is 52.8 Å². The molecule has 28 heavy (non-hydrogen) atoms. The highest BCUT2D eigenvalue weighted by molar-refractivity contribution is 6.67. The first kappa shape index (κ1) is 24.3. The number of halogens is 3. The Kier molecular flexibility index (Phi) is 9.85. The standard InChI is InChI=1S/C18H22Cl3NO6/c1-3-27-16(25)14(13-7-5-4-6-8-13)9-10-22(12(2)15(23)24)17(26)28-11-18(19,20)21/h4-8,12,14H,3,9-11H2,1-2H3,(H,23,24)/t12-,14?/m0/s1. The number of carbonyl (C=O) groups excluding carboxylic acids is 2. The maximum absolute atomic E-state index is 12.4. The molecule has 0 aliphatic heterocycles. The number of alkyl halides is 3. The molecule has 0 bridgehead atoms. The average molecular weight is 455 g/mol. The molecule has 1 amide bonds. The number of aliphatic carboxylic acids is 1. The van der Waals surface area contributed by atoms with Crippen LogP contribution < -0.4 is 0 Å². The molecule has 1 unspecified atom stereocenters. The van der Waals surface area contributed by atoms with Gasteiger partial charge in [-0.2, -0.15) is 0 Å². The van der Waals surface area contributed by atoms with Crippen molar-refractivity contribution in [2.24, 2.45) is 0 Å². The fourth-order valence-corrected chi connectivity index (χ4v) is 2.58. The van der Waals surface area contributed by atoms with E-state index in [0.717, 1.165) is 4.90 Å². The number of amides is 1. The van der Waals surface area contributed by atoms with Crippen LogP contribution in [0, 0.1) is 0 Å². The largest absolute Gasteiger partial charge is 0.480 e. The number of hydrogen-bond acceptors (Lipinski definition) is 5. The van der Waals surface area contributed by atoms with Crippen molar-refractivity contribution in [1.82, 2.24) is 4.90 Å². The van der Waals surface area contributed by atoms with Gasteiger partial charge in [-0.25, -0.2) is 9.59 Å². The molecule has 0 saturated heterocycles. The number of benzene rings is 1. The van der Waals surface area contributed by atoms with Crippen LogP contribution in [0.2, 0.25) is 0 Å². The first-order valence-corrected chi connectivity index (χ1v) is 9.64. The summed E-state index contributed by atoms with van der Waals surface area (Å²) in [6.07, 6.45) is -0.833. The molecule has 1 rings (SSSR count). The first-order chi connectivity index (χ1) is 13.1. The average Bonchev–Trinajstić information content (AvgIpc) is 2.63. The smallest absolute Gasteiger partial charge is 0.410 e. The summed E-state index contributed by atoms with van der Waals surface area (Å²) in [7, 11) is 0. The number of nitrogens with zero attached hydrogens (tertiary/aromatic N) is 1. The van der Waals surface area contributed by atoms with Crippen molar-refractivity contribution in [3.8, 4) is 0 Å². The predicted molar refractivity (Wildman–Crippen MR) is 106 cm³/mol. The predicted octanol–water partition coefficient (Wildman–Crippen LogP) is 4.01. The van der Waals surface area contributed by atoms with Gasteiger partial charge in [-0.3, -0.25) is 9.69 Å². The van der Waals surface area contributed by atoms with E-state index < -0.39 is 40.4 Å². The van der Waals surface area contributed by atoms with Gasteiger partial charge in [0.15, 0.2) is 0 Å². The lowest BCUT2D eigenvalue weighted by Gasteiger charge is -2.28. The molecule has 0 saturated carbocycles. The third-order valence-corrected chi connectivity index (χ3v) is 4.18. The number of hydrogen-bond donors (Lipinski definition) is 1. The summed E-state index contributed by atoms with van der Waals surface area (Å²) in [5.74, 6) is -2.38. The fourth-order valence-electron chi connectivity index (χ4n) is 2.42. The first-order valence-electron chi connectivity index (χ1n) is 8.51. The van der Waals surface area contributed by atoms with Gasteiger partial charge in [0.1, 0.15) is 12.6 Å². The Morgan fingerprint density at radius 3 is 2.25 bits per heavy atom. The molecule has 2 atom stereocenters. The summed E-state index contributed by atoms with van der Waals surface area (Å²) < 4.78 is 8.18. The Morgan fingerprint density at radius 2 is 1.75 bits per heavy atom. The summed E-state index contributed by atoms with van der Waals surface area (Å²) in [6.45, 7) is 2.58. The van der Waals surface area contributed by atoms with Crippen molar-refractivity contribution in [2.45, 2.75) is 36.0 Å². The molecule has 0 radical (unpaired) electrons. The molecular formula is C18H22Cl3NO6. The summed E-state index contributed by atoms with van der Waals surface area (Å²) in [5, 5.41) is 9.29. The summed E-state index contributed by atoms with van der Waals surface area (Å²) in [5.41, 5.74) is 0.693. The number of esters is 1. The number of carboxylic acids is 1. The fraction of sp³-hybridized carbons (Fsp3) is 0.500. The number of ether oxygens (including phenoxy) is 2. The Balaban J connectivity index is 2.96. The van der Waals surface area contributed by atoms with Crippen molar-refractivity contribution in [3.63, 3.8) is 0 Å². The Hall–Kier alpha value is -1.70. The number of carbonyl (C=O) groups is 3. The molecular weight excluding hydrogens is 433 g/mol. The van der Waals surface area contributed by atoms with Crippen LogP contribution >= 0.6 is 34.8 Å². The van der Waals surface area contributed by atoms with Crippen LogP contribution in [0.3, 0.4) is 0 Å². The molecule has 10 heteroatoms. The molecule has 0 aliphatic carbocycles. The Labute approximate surface area is 178 Å². The van der Waals surface area contributed by atoms with Crippen LogP contribution in [0.1, 0.15) is 31.7 Å². The monoisotopic (exact) mass is 453 g/mol. The van der Waals surface area contributed by atoms with Gasteiger partial charge in [-0.05, 0) is 25.8 Å². The van der Waals surface area contributed by atoms with Crippen LogP contribution in [0.15, 0.2) is 30.3 Å². The lowest BCUT2D eigenvalue weighted by atomic mass is 9.95. The Bertz CT molecular complexity index is 665. The number of rotatable bonds is 9. The van der Waals surface area contributed by atoms with Crippen LogP contribution in [0.25, 0.3) is 0 Å². The normalized spacial score (nSPS) is 13.3. The van der Waals surface area contributed by atoms with Gasteiger partial charge < -0.3 is 14.6 Å². The zero-order valence-corrected chi connectivity index (χ0v) is 17.7. The molecule has 0 heterocycles. The van der Waals surface area contributed by atoms with Crippen molar-refractivity contribution in [1.29, 1.82) is 0 Å². The van der Waals surface area contributed by atoms with Crippen LogP contribution in [0.5, 0.6) is 0 Å². The van der Waals surface area contributed by atoms with E-state index in [2.05, 4.69) is 0 Å². The quantitative estimate of drug-likeness (QED) is 0.448. The van der Waals surface area contributed by atoms with Gasteiger partial charge in [-0.1, -0.05) is 65.1 Å². The molecule has 0 spiro atoms. The highest BCUT2D eigenvalue weighted by atomic mass is 35.6. The van der Waals surface area contributed by atoms with E-state index in [0.29, 0.717) is 5.56 Å². The van der Waals surface area contributed by atoms with Crippen molar-refractivity contribution in [2.75, 3.05) is 19.8 Å². The lowest BCUT2D eigenvalue weighted by molar-refractivity contribution is -0.145. The molecule has 1 aromatic rings. The molecule has 0 fully saturated rings. The van der Waals surface area contributed by atoms with Crippen molar-refractivity contribution < 1.29 is 29.0 Å². The molecule has 0 aromatic heterocycles. The minimum absolute atomic E-state index is 0.0788. The van der Waals surface area contributed by atoms with Gasteiger partial charge in [0.05, 0.1) is 12.5 Å². The molecule has 156 valence electrons. The minimum atomic E-state index is -1.83. The van der Waals surface area contributed by atoms with Gasteiger partial charge >= 0.3 is 18.0 Å². The second-order valence-electron chi connectivity index (χ2n) is 5.88. The van der Waals surface area contributed by atoms with E-state index >= 15 is 0 Å². The van der Waals surface area contributed by atoms with Crippen molar-refractivity contribution in [3.05, 3.63) is 35.9 Å². The second kappa shape index (κ2) is 11.3. The van der Waals surface area contributed by atoms with E-state index in [1.807, 2.05) is 0 Å². The summed E-state index contributed by atoms with van der Waals surface area (Å²) in [4.78, 5) is 37.0. The van der Waals surface area contributed by atoms with Gasteiger partial charge in [-0.15, -0.1) is 0 Å². The second-order valence-corrected chi connectivity index (χ2v) is 8.40. The van der Waals surface area contributed by atoms with Gasteiger partial charge in [0.25, 0.3) is 0 Å². The van der Waals surface area contributed by atoms with E-state index in [1.54, 1.807) is 37.3 Å². The van der Waals surface area contributed by atoms with Gasteiger partial charge in [0.2, 0.25) is 3.79 Å². The summed E-state index contributed by atoms with van der Waals surface area (Å²) in [6, 6.07) is 7.66. The number of carboxylic acid groups (broad SMARTS) is 1. The molecule has 1 N–H and O–H groups in total. The zero-order chi connectivity index (χ0) is 21.3. The minimum Gasteiger partial charge on any atom is -0.480 e. The van der Waals surface area contributed by atoms with Crippen LogP contribution in [-0.4, -0.2) is 57.6 Å². The highest BCUT2D eigenvalue weighted by Crippen LogP contribution is 2.27. The maximum Gasteiger partial charge on any atom is 0.410 e. The van der Waals surface area contributed by atoms with Crippen LogP contribution in [-0.2, 0) is 19.1 Å². The molecule has 0 aliphatic rings. The molecule has 1 aromatic carbocycles. The van der Waals surface area contributed by atoms with Crippen LogP contribution in [0.4, 0.5) is 4.79 Å². The SMILES string of the molecule is CCOC(=O)C(CCN(C(=O)OCC(Cl)(Cl)Cl)[C@@H](C)C(=O)O)c1ccccc1. The highest BCUT2D eigenvalue weighted by Gasteiger charge is 2.31. The maximum atomic E-state index is 12.4. The zero-order valence-electron chi connectivity index (χ0n) is 15.4.